The number of carboxylic acid groups (broad SMARTS) is 1. The van der Waals surface area contributed by atoms with Gasteiger partial charge in [0, 0.05) is 11.6 Å². The third-order valence-electron chi connectivity index (χ3n) is 3.73. The fourth-order valence-electron chi connectivity index (χ4n) is 2.42. The molecule has 0 atom stereocenters. The molecule has 2 N–H and O–H groups in total. The summed E-state index contributed by atoms with van der Waals surface area (Å²) in [5.41, 5.74) is 1.66. The first-order chi connectivity index (χ1) is 11.7. The monoisotopic (exact) mass is 343 g/mol. The van der Waals surface area contributed by atoms with Crippen LogP contribution in [0.2, 0.25) is 0 Å². The van der Waals surface area contributed by atoms with Crippen molar-refractivity contribution in [1.82, 2.24) is 0 Å². The Morgan fingerprint density at radius 1 is 1.24 bits per heavy atom. The molecule has 130 valence electrons. The number of benzene rings is 2. The van der Waals surface area contributed by atoms with Crippen LogP contribution in [0.5, 0.6) is 11.5 Å². The highest BCUT2D eigenvalue weighted by atomic mass is 16.6. The SMILES string of the molecule is COc1cc([N+](=O)[O-])cc(/C=C(\C(=O)O)c2cc(C)ccc2C)c1O. The molecular formula is C18H17NO6. The van der Waals surface area contributed by atoms with Crippen molar-refractivity contribution in [2.24, 2.45) is 0 Å². The maximum atomic E-state index is 11.7. The molecule has 0 saturated carbocycles. The van der Waals surface area contributed by atoms with Crippen LogP contribution in [-0.2, 0) is 4.79 Å². The van der Waals surface area contributed by atoms with E-state index in [4.69, 9.17) is 4.74 Å². The van der Waals surface area contributed by atoms with E-state index in [1.165, 1.54) is 13.2 Å². The van der Waals surface area contributed by atoms with Crippen LogP contribution in [0.25, 0.3) is 11.6 Å². The van der Waals surface area contributed by atoms with Gasteiger partial charge in [-0.1, -0.05) is 23.8 Å². The summed E-state index contributed by atoms with van der Waals surface area (Å²) >= 11 is 0. The number of aryl methyl sites for hydroxylation is 2. The summed E-state index contributed by atoms with van der Waals surface area (Å²) in [4.78, 5) is 22.1. The number of hydrogen-bond acceptors (Lipinski definition) is 5. The Morgan fingerprint density at radius 2 is 1.92 bits per heavy atom. The zero-order valence-electron chi connectivity index (χ0n) is 13.9. The molecule has 25 heavy (non-hydrogen) atoms. The molecule has 2 aromatic carbocycles. The third kappa shape index (κ3) is 3.77. The van der Waals surface area contributed by atoms with Crippen molar-refractivity contribution in [3.8, 4) is 11.5 Å². The number of nitrogens with zero attached hydrogens (tertiary/aromatic N) is 1. The second-order valence-electron chi connectivity index (χ2n) is 5.52. The van der Waals surface area contributed by atoms with E-state index < -0.39 is 10.9 Å². The Kier molecular flexibility index (Phi) is 5.07. The molecule has 2 rings (SSSR count). The van der Waals surface area contributed by atoms with Crippen LogP contribution in [0.4, 0.5) is 5.69 Å². The standard InChI is InChI=1S/C18H17NO6/c1-10-4-5-11(2)14(6-10)15(18(21)22)8-12-7-13(19(23)24)9-16(25-3)17(12)20/h4-9,20H,1-3H3,(H,21,22)/b15-8-. The normalized spacial score (nSPS) is 11.2. The topological polar surface area (TPSA) is 110 Å². The first kappa shape index (κ1) is 18.0. The number of carboxylic acids is 1. The average Bonchev–Trinajstić information content (AvgIpc) is 2.55. The van der Waals surface area contributed by atoms with E-state index in [0.717, 1.165) is 23.3 Å². The van der Waals surface area contributed by atoms with Crippen LogP contribution < -0.4 is 4.74 Å². The molecule has 2 aromatic rings. The minimum atomic E-state index is -1.21. The molecule has 7 heteroatoms. The van der Waals surface area contributed by atoms with Crippen molar-refractivity contribution < 1.29 is 24.7 Å². The van der Waals surface area contributed by atoms with Gasteiger partial charge in [0.2, 0.25) is 0 Å². The summed E-state index contributed by atoms with van der Waals surface area (Å²) in [5, 5.41) is 30.8. The zero-order valence-corrected chi connectivity index (χ0v) is 13.9. The number of non-ortho nitro benzene ring substituents is 1. The van der Waals surface area contributed by atoms with Crippen LogP contribution in [0.15, 0.2) is 30.3 Å². The second-order valence-corrected chi connectivity index (χ2v) is 5.52. The van der Waals surface area contributed by atoms with Crippen molar-refractivity contribution in [2.45, 2.75) is 13.8 Å². The lowest BCUT2D eigenvalue weighted by Gasteiger charge is -2.10. The van der Waals surface area contributed by atoms with Gasteiger partial charge in [-0.25, -0.2) is 4.79 Å². The predicted octanol–water partition coefficient (Wildman–Crippen LogP) is 3.55. The van der Waals surface area contributed by atoms with Gasteiger partial charge in [0.15, 0.2) is 11.5 Å². The minimum absolute atomic E-state index is 0.00986. The van der Waals surface area contributed by atoms with Crippen molar-refractivity contribution in [2.75, 3.05) is 7.11 Å². The Labute approximate surface area is 144 Å². The van der Waals surface area contributed by atoms with E-state index in [9.17, 15) is 25.1 Å². The smallest absolute Gasteiger partial charge is 0.336 e. The van der Waals surface area contributed by atoms with Gasteiger partial charge in [0.1, 0.15) is 0 Å². The Bertz CT molecular complexity index is 885. The molecule has 0 fully saturated rings. The van der Waals surface area contributed by atoms with E-state index in [2.05, 4.69) is 0 Å². The van der Waals surface area contributed by atoms with Gasteiger partial charge in [0.05, 0.1) is 23.7 Å². The van der Waals surface area contributed by atoms with Gasteiger partial charge < -0.3 is 14.9 Å². The van der Waals surface area contributed by atoms with Gasteiger partial charge in [-0.15, -0.1) is 0 Å². The van der Waals surface area contributed by atoms with Crippen LogP contribution in [-0.4, -0.2) is 28.2 Å². The van der Waals surface area contributed by atoms with Crippen LogP contribution in [0, 0.1) is 24.0 Å². The summed E-state index contributed by atoms with van der Waals surface area (Å²) < 4.78 is 4.94. The quantitative estimate of drug-likeness (QED) is 0.372. The number of nitro groups is 1. The lowest BCUT2D eigenvalue weighted by atomic mass is 9.96. The highest BCUT2D eigenvalue weighted by Gasteiger charge is 2.19. The largest absolute Gasteiger partial charge is 0.504 e. The molecule has 7 nitrogen and oxygen atoms in total. The summed E-state index contributed by atoms with van der Waals surface area (Å²) in [6, 6.07) is 7.53. The second kappa shape index (κ2) is 7.04. The maximum absolute atomic E-state index is 11.7. The van der Waals surface area contributed by atoms with Crippen molar-refractivity contribution >= 4 is 23.3 Å². The number of hydrogen-bond donors (Lipinski definition) is 2. The van der Waals surface area contributed by atoms with E-state index in [0.29, 0.717) is 5.56 Å². The summed E-state index contributed by atoms with van der Waals surface area (Å²) in [7, 11) is 1.26. The molecule has 0 aliphatic heterocycles. The highest BCUT2D eigenvalue weighted by molar-refractivity contribution is 6.21. The first-order valence-corrected chi connectivity index (χ1v) is 7.32. The van der Waals surface area contributed by atoms with Gasteiger partial charge in [-0.3, -0.25) is 10.1 Å². The number of aromatic hydroxyl groups is 1. The van der Waals surface area contributed by atoms with Crippen LogP contribution in [0.3, 0.4) is 0 Å². The molecular weight excluding hydrogens is 326 g/mol. The predicted molar refractivity (Wildman–Crippen MR) is 92.7 cm³/mol. The highest BCUT2D eigenvalue weighted by Crippen LogP contribution is 2.37. The minimum Gasteiger partial charge on any atom is -0.504 e. The third-order valence-corrected chi connectivity index (χ3v) is 3.73. The number of methoxy groups -OCH3 is 1. The number of nitro benzene ring substituents is 1. The van der Waals surface area contributed by atoms with Gasteiger partial charge in [-0.05, 0) is 31.1 Å². The van der Waals surface area contributed by atoms with Crippen molar-refractivity contribution in [3.63, 3.8) is 0 Å². The Morgan fingerprint density at radius 3 is 2.48 bits per heavy atom. The van der Waals surface area contributed by atoms with Crippen LogP contribution >= 0.6 is 0 Å². The maximum Gasteiger partial charge on any atom is 0.336 e. The van der Waals surface area contributed by atoms with Gasteiger partial charge in [-0.2, -0.15) is 0 Å². The molecule has 0 spiro atoms. The molecule has 0 radical (unpaired) electrons. The van der Waals surface area contributed by atoms with E-state index in [-0.39, 0.29) is 28.3 Å². The lowest BCUT2D eigenvalue weighted by Crippen LogP contribution is -2.02. The fourth-order valence-corrected chi connectivity index (χ4v) is 2.42. The molecule has 0 bridgehead atoms. The molecule has 0 saturated heterocycles. The van der Waals surface area contributed by atoms with Crippen molar-refractivity contribution in [3.05, 3.63) is 62.7 Å². The average molecular weight is 343 g/mol. The number of ether oxygens (including phenoxy) is 1. The molecule has 0 aliphatic rings. The summed E-state index contributed by atoms with van der Waals surface area (Å²) in [6.45, 7) is 3.59. The molecule has 0 aromatic heterocycles. The number of aliphatic carboxylic acids is 1. The Hall–Kier alpha value is -3.35. The molecule has 0 amide bonds. The number of phenols is 1. The van der Waals surface area contributed by atoms with E-state index >= 15 is 0 Å². The molecule has 0 aliphatic carbocycles. The fraction of sp³-hybridized carbons (Fsp3) is 0.167. The summed E-state index contributed by atoms with van der Waals surface area (Å²) in [6.07, 6.45) is 1.20. The molecule has 0 unspecified atom stereocenters. The molecule has 0 heterocycles. The lowest BCUT2D eigenvalue weighted by molar-refractivity contribution is -0.385. The number of phenolic OH excluding ortho intramolecular Hbond substituents is 1. The van der Waals surface area contributed by atoms with Gasteiger partial charge >= 0.3 is 5.97 Å². The van der Waals surface area contributed by atoms with Gasteiger partial charge in [0.25, 0.3) is 5.69 Å². The number of rotatable bonds is 5. The number of carbonyl (C=O) groups is 1. The van der Waals surface area contributed by atoms with Crippen molar-refractivity contribution in [1.29, 1.82) is 0 Å². The van der Waals surface area contributed by atoms with E-state index in [1.54, 1.807) is 19.1 Å². The van der Waals surface area contributed by atoms with Crippen LogP contribution in [0.1, 0.15) is 22.3 Å². The Balaban J connectivity index is 2.73. The summed E-state index contributed by atoms with van der Waals surface area (Å²) in [5.74, 6) is -1.68. The zero-order chi connectivity index (χ0) is 18.7. The first-order valence-electron chi connectivity index (χ1n) is 7.32. The van der Waals surface area contributed by atoms with E-state index in [1.807, 2.05) is 13.0 Å².